The van der Waals surface area contributed by atoms with Gasteiger partial charge in [0.15, 0.2) is 11.5 Å². The van der Waals surface area contributed by atoms with Gasteiger partial charge in [0.1, 0.15) is 17.5 Å². The fourth-order valence-electron chi connectivity index (χ4n) is 5.78. The average molecular weight is 444 g/mol. The van der Waals surface area contributed by atoms with Gasteiger partial charge in [0, 0.05) is 26.2 Å². The molecule has 3 atom stereocenters. The third kappa shape index (κ3) is 3.44. The SMILES string of the molecule is C=CC(=O)N1CCN(c2nn(C3CC3C3CCc4ccccc4C3)c3ncnc(N)c23)CC1. The van der Waals surface area contributed by atoms with Gasteiger partial charge < -0.3 is 15.5 Å². The number of piperazine rings is 1. The van der Waals surface area contributed by atoms with E-state index < -0.39 is 0 Å². The lowest BCUT2D eigenvalue weighted by Crippen LogP contribution is -2.48. The first-order chi connectivity index (χ1) is 16.1. The third-order valence-corrected chi connectivity index (χ3v) is 7.67. The zero-order valence-electron chi connectivity index (χ0n) is 18.7. The first kappa shape index (κ1) is 20.2. The summed E-state index contributed by atoms with van der Waals surface area (Å²) in [5, 5.41) is 5.89. The summed E-state index contributed by atoms with van der Waals surface area (Å²) in [6.07, 6.45) is 7.60. The van der Waals surface area contributed by atoms with E-state index in [1.165, 1.54) is 30.0 Å². The Hall–Kier alpha value is -3.42. The highest BCUT2D eigenvalue weighted by Crippen LogP contribution is 2.53. The molecule has 3 unspecified atom stereocenters. The van der Waals surface area contributed by atoms with Gasteiger partial charge in [-0.05, 0) is 54.7 Å². The van der Waals surface area contributed by atoms with E-state index in [-0.39, 0.29) is 5.91 Å². The first-order valence-electron chi connectivity index (χ1n) is 11.9. The summed E-state index contributed by atoms with van der Waals surface area (Å²) in [6, 6.07) is 9.21. The molecule has 1 aromatic carbocycles. The lowest BCUT2D eigenvalue weighted by Gasteiger charge is -2.34. The van der Waals surface area contributed by atoms with Crippen molar-refractivity contribution in [1.29, 1.82) is 0 Å². The molecule has 2 aromatic heterocycles. The quantitative estimate of drug-likeness (QED) is 0.623. The summed E-state index contributed by atoms with van der Waals surface area (Å²) in [5.41, 5.74) is 10.2. The molecule has 1 saturated carbocycles. The second kappa shape index (κ2) is 7.86. The van der Waals surface area contributed by atoms with Crippen LogP contribution in [-0.2, 0) is 17.6 Å². The molecule has 0 bridgehead atoms. The van der Waals surface area contributed by atoms with E-state index in [1.807, 2.05) is 4.90 Å². The van der Waals surface area contributed by atoms with Crippen LogP contribution in [-0.4, -0.2) is 56.7 Å². The van der Waals surface area contributed by atoms with Crippen molar-refractivity contribution in [1.82, 2.24) is 24.6 Å². The normalized spacial score (nSPS) is 24.5. The minimum atomic E-state index is -0.0252. The van der Waals surface area contributed by atoms with Crippen molar-refractivity contribution in [2.75, 3.05) is 36.8 Å². The second-order valence-electron chi connectivity index (χ2n) is 9.48. The average Bonchev–Trinajstić information content (AvgIpc) is 3.56. The van der Waals surface area contributed by atoms with Crippen LogP contribution in [0.2, 0.25) is 0 Å². The maximum atomic E-state index is 12.0. The lowest BCUT2D eigenvalue weighted by molar-refractivity contribution is -0.126. The second-order valence-corrected chi connectivity index (χ2v) is 9.48. The van der Waals surface area contributed by atoms with Gasteiger partial charge in [-0.1, -0.05) is 30.8 Å². The fraction of sp³-hybridized carbons (Fsp3) is 0.440. The smallest absolute Gasteiger partial charge is 0.246 e. The molecule has 33 heavy (non-hydrogen) atoms. The van der Waals surface area contributed by atoms with Gasteiger partial charge in [-0.3, -0.25) is 4.79 Å². The Morgan fingerprint density at radius 3 is 2.70 bits per heavy atom. The minimum absolute atomic E-state index is 0.0252. The Balaban J connectivity index is 1.26. The summed E-state index contributed by atoms with van der Waals surface area (Å²) >= 11 is 0. The molecule has 8 heteroatoms. The fourth-order valence-corrected chi connectivity index (χ4v) is 5.78. The zero-order valence-corrected chi connectivity index (χ0v) is 18.7. The van der Waals surface area contributed by atoms with E-state index in [2.05, 4.69) is 50.4 Å². The number of anilines is 2. The first-order valence-corrected chi connectivity index (χ1v) is 11.9. The number of rotatable bonds is 4. The molecule has 1 saturated heterocycles. The number of nitrogen functional groups attached to an aromatic ring is 1. The summed E-state index contributed by atoms with van der Waals surface area (Å²) in [4.78, 5) is 24.8. The Morgan fingerprint density at radius 2 is 1.91 bits per heavy atom. The Labute approximate surface area is 193 Å². The van der Waals surface area contributed by atoms with Crippen LogP contribution >= 0.6 is 0 Å². The summed E-state index contributed by atoms with van der Waals surface area (Å²) < 4.78 is 2.11. The number of carbonyl (C=O) groups excluding carboxylic acids is 1. The highest BCUT2D eigenvalue weighted by molar-refractivity contribution is 5.96. The van der Waals surface area contributed by atoms with Crippen molar-refractivity contribution in [3.8, 4) is 0 Å². The predicted molar refractivity (Wildman–Crippen MR) is 128 cm³/mol. The number of amides is 1. The number of benzene rings is 1. The summed E-state index contributed by atoms with van der Waals surface area (Å²) in [7, 11) is 0. The number of hydrogen-bond acceptors (Lipinski definition) is 6. The summed E-state index contributed by atoms with van der Waals surface area (Å²) in [5.74, 6) is 2.58. The van der Waals surface area contributed by atoms with E-state index in [1.54, 1.807) is 0 Å². The molecule has 6 rings (SSSR count). The van der Waals surface area contributed by atoms with E-state index in [9.17, 15) is 4.79 Å². The number of nitrogens with zero attached hydrogens (tertiary/aromatic N) is 6. The van der Waals surface area contributed by atoms with Crippen LogP contribution in [0.15, 0.2) is 43.2 Å². The van der Waals surface area contributed by atoms with Gasteiger partial charge >= 0.3 is 0 Å². The molecule has 3 heterocycles. The Morgan fingerprint density at radius 1 is 1.12 bits per heavy atom. The Bertz CT molecular complexity index is 1230. The largest absolute Gasteiger partial charge is 0.383 e. The van der Waals surface area contributed by atoms with Crippen molar-refractivity contribution in [2.24, 2.45) is 11.8 Å². The molecule has 1 aliphatic heterocycles. The molecular formula is C25H29N7O. The molecule has 0 radical (unpaired) electrons. The van der Waals surface area contributed by atoms with Crippen LogP contribution < -0.4 is 10.6 Å². The lowest BCUT2D eigenvalue weighted by atomic mass is 9.81. The Kier molecular flexibility index (Phi) is 4.81. The van der Waals surface area contributed by atoms with Crippen LogP contribution in [0.3, 0.4) is 0 Å². The van der Waals surface area contributed by atoms with Crippen molar-refractivity contribution in [3.63, 3.8) is 0 Å². The van der Waals surface area contributed by atoms with Gasteiger partial charge in [0.25, 0.3) is 0 Å². The summed E-state index contributed by atoms with van der Waals surface area (Å²) in [6.45, 7) is 6.28. The van der Waals surface area contributed by atoms with Gasteiger partial charge in [0.05, 0.1) is 6.04 Å². The molecule has 2 N–H and O–H groups in total. The maximum Gasteiger partial charge on any atom is 0.246 e. The number of carbonyl (C=O) groups is 1. The van der Waals surface area contributed by atoms with Crippen LogP contribution in [0.25, 0.3) is 11.0 Å². The number of aromatic nitrogens is 4. The molecule has 1 amide bonds. The van der Waals surface area contributed by atoms with E-state index >= 15 is 0 Å². The van der Waals surface area contributed by atoms with Gasteiger partial charge in [-0.15, -0.1) is 0 Å². The molecule has 3 aromatic rings. The van der Waals surface area contributed by atoms with Crippen molar-refractivity contribution >= 4 is 28.6 Å². The van der Waals surface area contributed by atoms with Crippen LogP contribution in [0.1, 0.15) is 30.0 Å². The molecule has 0 spiro atoms. The van der Waals surface area contributed by atoms with E-state index in [0.29, 0.717) is 49.9 Å². The van der Waals surface area contributed by atoms with E-state index in [0.717, 1.165) is 36.1 Å². The number of nitrogens with two attached hydrogens (primary N) is 1. The molecule has 2 aliphatic carbocycles. The molecule has 3 aliphatic rings. The number of aryl methyl sites for hydroxylation is 1. The van der Waals surface area contributed by atoms with Crippen LogP contribution in [0.4, 0.5) is 11.6 Å². The minimum Gasteiger partial charge on any atom is -0.383 e. The highest BCUT2D eigenvalue weighted by atomic mass is 16.2. The topological polar surface area (TPSA) is 93.2 Å². The van der Waals surface area contributed by atoms with E-state index in [4.69, 9.17) is 10.8 Å². The molecular weight excluding hydrogens is 414 g/mol. The number of hydrogen-bond donors (Lipinski definition) is 1. The highest BCUT2D eigenvalue weighted by Gasteiger charge is 2.47. The monoisotopic (exact) mass is 443 g/mol. The maximum absolute atomic E-state index is 12.0. The molecule has 8 nitrogen and oxygen atoms in total. The van der Waals surface area contributed by atoms with Gasteiger partial charge in [-0.25, -0.2) is 14.6 Å². The van der Waals surface area contributed by atoms with Crippen LogP contribution in [0.5, 0.6) is 0 Å². The third-order valence-electron chi connectivity index (χ3n) is 7.67. The standard InChI is InChI=1S/C25H29N7O/c1-2-21(33)30-9-11-31(12-10-30)25-22-23(26)27-15-28-24(22)32(29-25)20-14-19(20)18-8-7-16-5-3-4-6-17(16)13-18/h2-6,15,18-20H,1,7-14H2,(H2,26,27,28). The van der Waals surface area contributed by atoms with Gasteiger partial charge in [-0.2, -0.15) is 5.10 Å². The van der Waals surface area contributed by atoms with Crippen molar-refractivity contribution < 1.29 is 4.79 Å². The van der Waals surface area contributed by atoms with Crippen molar-refractivity contribution in [3.05, 3.63) is 54.4 Å². The number of fused-ring (bicyclic) bond motifs is 2. The zero-order chi connectivity index (χ0) is 22.5. The molecule has 2 fully saturated rings. The molecule has 170 valence electrons. The van der Waals surface area contributed by atoms with Crippen molar-refractivity contribution in [2.45, 2.75) is 31.7 Å². The van der Waals surface area contributed by atoms with Gasteiger partial charge in [0.2, 0.25) is 5.91 Å². The predicted octanol–water partition coefficient (Wildman–Crippen LogP) is 2.61. The van der Waals surface area contributed by atoms with Crippen LogP contribution in [0, 0.1) is 11.8 Å².